The summed E-state index contributed by atoms with van der Waals surface area (Å²) in [5.74, 6) is -1.62. The van der Waals surface area contributed by atoms with Crippen molar-refractivity contribution in [3.8, 4) is 0 Å². The van der Waals surface area contributed by atoms with E-state index in [-0.39, 0.29) is 6.61 Å². The topological polar surface area (TPSA) is 64.6 Å². The summed E-state index contributed by atoms with van der Waals surface area (Å²) in [4.78, 5) is 22.2. The lowest BCUT2D eigenvalue weighted by molar-refractivity contribution is -0.181. The molecule has 0 radical (unpaired) electrons. The van der Waals surface area contributed by atoms with E-state index in [9.17, 15) is 22.8 Å². The second-order valence-electron chi connectivity index (χ2n) is 3.70. The molecule has 0 aliphatic heterocycles. The molecule has 0 bridgehead atoms. The number of rotatable bonds is 4. The highest BCUT2D eigenvalue weighted by Gasteiger charge is 2.47. The summed E-state index contributed by atoms with van der Waals surface area (Å²) < 4.78 is 46.1. The number of nitrogens with one attached hydrogen (secondary N) is 1. The van der Waals surface area contributed by atoms with Gasteiger partial charge in [-0.05, 0) is 5.56 Å². The van der Waals surface area contributed by atoms with Gasteiger partial charge in [0.2, 0.25) is 6.04 Å². The molecule has 1 aromatic rings. The lowest BCUT2D eigenvalue weighted by Crippen LogP contribution is -2.51. The maximum Gasteiger partial charge on any atom is 0.419 e. The molecule has 1 atom stereocenters. The molecule has 1 amide bonds. The van der Waals surface area contributed by atoms with Crippen molar-refractivity contribution in [1.29, 1.82) is 0 Å². The first kappa shape index (κ1) is 15.8. The van der Waals surface area contributed by atoms with Gasteiger partial charge in [-0.25, -0.2) is 9.59 Å². The molecule has 0 heterocycles. The second kappa shape index (κ2) is 6.78. The number of ether oxygens (including phenoxy) is 2. The molecule has 110 valence electrons. The summed E-state index contributed by atoms with van der Waals surface area (Å²) in [6.45, 7) is -0.210. The van der Waals surface area contributed by atoms with Gasteiger partial charge in [-0.2, -0.15) is 13.2 Å². The molecule has 0 fully saturated rings. The maximum absolute atomic E-state index is 12.5. The molecular formula is C12H12F3NO4. The summed E-state index contributed by atoms with van der Waals surface area (Å²) >= 11 is 0. The van der Waals surface area contributed by atoms with Crippen molar-refractivity contribution in [3.63, 3.8) is 0 Å². The number of amides is 1. The van der Waals surface area contributed by atoms with Crippen LogP contribution in [0.4, 0.5) is 18.0 Å². The maximum atomic E-state index is 12.5. The molecule has 0 aromatic heterocycles. The first-order chi connectivity index (χ1) is 9.34. The molecule has 0 aliphatic carbocycles. The Hall–Kier alpha value is -2.25. The lowest BCUT2D eigenvalue weighted by atomic mass is 10.2. The Bertz CT molecular complexity index is 462. The third kappa shape index (κ3) is 4.79. The molecule has 1 N–H and O–H groups in total. The van der Waals surface area contributed by atoms with E-state index < -0.39 is 24.3 Å². The Labute approximate surface area is 112 Å². The van der Waals surface area contributed by atoms with Gasteiger partial charge < -0.3 is 9.47 Å². The SMILES string of the molecule is COC(=O)C(NC(=O)OCc1ccccc1)C(F)(F)F. The third-order valence-corrected chi connectivity index (χ3v) is 2.24. The number of carbonyl (C=O) groups is 2. The van der Waals surface area contributed by atoms with Gasteiger partial charge in [0, 0.05) is 0 Å². The van der Waals surface area contributed by atoms with Crippen LogP contribution in [0.1, 0.15) is 5.56 Å². The van der Waals surface area contributed by atoms with Crippen LogP contribution in [-0.4, -0.2) is 31.4 Å². The summed E-state index contributed by atoms with van der Waals surface area (Å²) in [6.07, 6.45) is -6.32. The van der Waals surface area contributed by atoms with Crippen LogP contribution in [0.3, 0.4) is 0 Å². The van der Waals surface area contributed by atoms with E-state index in [0.29, 0.717) is 5.56 Å². The standard InChI is InChI=1S/C12H12F3NO4/c1-19-10(17)9(12(13,14)15)16-11(18)20-7-8-5-3-2-4-6-8/h2-6,9H,7H2,1H3,(H,16,18). The van der Waals surface area contributed by atoms with Crippen molar-refractivity contribution in [2.24, 2.45) is 0 Å². The molecule has 0 saturated heterocycles. The van der Waals surface area contributed by atoms with Gasteiger partial charge in [0.25, 0.3) is 0 Å². The van der Waals surface area contributed by atoms with Crippen LogP contribution in [-0.2, 0) is 20.9 Å². The van der Waals surface area contributed by atoms with Crippen molar-refractivity contribution in [1.82, 2.24) is 5.32 Å². The molecular weight excluding hydrogens is 279 g/mol. The third-order valence-electron chi connectivity index (χ3n) is 2.24. The largest absolute Gasteiger partial charge is 0.467 e. The van der Waals surface area contributed by atoms with Gasteiger partial charge in [-0.1, -0.05) is 30.3 Å². The number of esters is 1. The quantitative estimate of drug-likeness (QED) is 0.862. The van der Waals surface area contributed by atoms with E-state index >= 15 is 0 Å². The van der Waals surface area contributed by atoms with E-state index in [2.05, 4.69) is 9.47 Å². The smallest absolute Gasteiger partial charge is 0.419 e. The number of hydrogen-bond donors (Lipinski definition) is 1. The summed E-state index contributed by atoms with van der Waals surface area (Å²) in [5.41, 5.74) is 0.601. The van der Waals surface area contributed by atoms with Crippen LogP contribution >= 0.6 is 0 Å². The van der Waals surface area contributed by atoms with Gasteiger partial charge in [0.05, 0.1) is 7.11 Å². The Kier molecular flexibility index (Phi) is 5.36. The van der Waals surface area contributed by atoms with Gasteiger partial charge in [-0.3, -0.25) is 5.32 Å². The number of alkyl carbamates (subject to hydrolysis) is 1. The van der Waals surface area contributed by atoms with Crippen LogP contribution in [0.25, 0.3) is 0 Å². The van der Waals surface area contributed by atoms with Crippen LogP contribution in [0.5, 0.6) is 0 Å². The van der Waals surface area contributed by atoms with Gasteiger partial charge in [0.15, 0.2) is 0 Å². The van der Waals surface area contributed by atoms with E-state index in [1.807, 2.05) is 0 Å². The number of hydrogen-bond acceptors (Lipinski definition) is 4. The predicted octanol–water partition coefficient (Wildman–Crippen LogP) is 2.02. The van der Waals surface area contributed by atoms with E-state index in [1.165, 1.54) is 5.32 Å². The predicted molar refractivity (Wildman–Crippen MR) is 61.6 cm³/mol. The zero-order valence-electron chi connectivity index (χ0n) is 10.4. The highest BCUT2D eigenvalue weighted by Crippen LogP contribution is 2.21. The average Bonchev–Trinajstić information content (AvgIpc) is 2.41. The lowest BCUT2D eigenvalue weighted by Gasteiger charge is -2.18. The zero-order valence-corrected chi connectivity index (χ0v) is 10.4. The van der Waals surface area contributed by atoms with Gasteiger partial charge >= 0.3 is 18.2 Å². The molecule has 0 aliphatic rings. The van der Waals surface area contributed by atoms with Crippen molar-refractivity contribution < 1.29 is 32.2 Å². The molecule has 5 nitrogen and oxygen atoms in total. The minimum Gasteiger partial charge on any atom is -0.467 e. The minimum absolute atomic E-state index is 0.210. The van der Waals surface area contributed by atoms with Crippen LogP contribution in [0.15, 0.2) is 30.3 Å². The molecule has 1 aromatic carbocycles. The van der Waals surface area contributed by atoms with Gasteiger partial charge in [-0.15, -0.1) is 0 Å². The van der Waals surface area contributed by atoms with Crippen LogP contribution < -0.4 is 5.32 Å². The fraction of sp³-hybridized carbons (Fsp3) is 0.333. The van der Waals surface area contributed by atoms with E-state index in [4.69, 9.17) is 0 Å². The average molecular weight is 291 g/mol. The summed E-state index contributed by atoms with van der Waals surface area (Å²) in [7, 11) is 0.790. The van der Waals surface area contributed by atoms with Crippen LogP contribution in [0, 0.1) is 0 Å². The highest BCUT2D eigenvalue weighted by molar-refractivity contribution is 5.82. The fourth-order valence-electron chi connectivity index (χ4n) is 1.27. The second-order valence-corrected chi connectivity index (χ2v) is 3.70. The van der Waals surface area contributed by atoms with Crippen molar-refractivity contribution in [2.75, 3.05) is 7.11 Å². The first-order valence-electron chi connectivity index (χ1n) is 5.46. The fourth-order valence-corrected chi connectivity index (χ4v) is 1.27. The minimum atomic E-state index is -4.96. The number of alkyl halides is 3. The highest BCUT2D eigenvalue weighted by atomic mass is 19.4. The van der Waals surface area contributed by atoms with Crippen molar-refractivity contribution in [2.45, 2.75) is 18.8 Å². The zero-order chi connectivity index (χ0) is 15.2. The Morgan fingerprint density at radius 3 is 2.35 bits per heavy atom. The summed E-state index contributed by atoms with van der Waals surface area (Å²) in [5, 5.41) is 1.42. The normalized spacial score (nSPS) is 12.4. The Morgan fingerprint density at radius 2 is 1.85 bits per heavy atom. The molecule has 1 unspecified atom stereocenters. The van der Waals surface area contributed by atoms with Gasteiger partial charge in [0.1, 0.15) is 6.61 Å². The molecule has 20 heavy (non-hydrogen) atoms. The number of benzene rings is 1. The van der Waals surface area contributed by atoms with Crippen LogP contribution in [0.2, 0.25) is 0 Å². The molecule has 8 heteroatoms. The first-order valence-corrected chi connectivity index (χ1v) is 5.46. The molecule has 0 spiro atoms. The van der Waals surface area contributed by atoms with Crippen molar-refractivity contribution >= 4 is 12.1 Å². The Balaban J connectivity index is 2.57. The summed E-state index contributed by atoms with van der Waals surface area (Å²) in [6, 6.07) is 5.62. The monoisotopic (exact) mass is 291 g/mol. The molecule has 1 rings (SSSR count). The Morgan fingerprint density at radius 1 is 1.25 bits per heavy atom. The number of carbonyl (C=O) groups excluding carboxylic acids is 2. The number of methoxy groups -OCH3 is 1. The van der Waals surface area contributed by atoms with E-state index in [0.717, 1.165) is 7.11 Å². The van der Waals surface area contributed by atoms with E-state index in [1.54, 1.807) is 30.3 Å². The molecule has 0 saturated carbocycles. The van der Waals surface area contributed by atoms with Crippen molar-refractivity contribution in [3.05, 3.63) is 35.9 Å². The number of halogens is 3.